The van der Waals surface area contributed by atoms with Crippen molar-refractivity contribution in [2.75, 3.05) is 30.8 Å². The highest BCUT2D eigenvalue weighted by Gasteiger charge is 1.93. The van der Waals surface area contributed by atoms with Gasteiger partial charge in [-0.3, -0.25) is 0 Å². The maximum absolute atomic E-state index is 5.54. The summed E-state index contributed by atoms with van der Waals surface area (Å²) in [6.07, 6.45) is 4.98. The Balaban J connectivity index is 2.01. The van der Waals surface area contributed by atoms with Crippen molar-refractivity contribution in [2.24, 2.45) is 0 Å². The first-order valence-corrected chi connectivity index (χ1v) is 5.86. The SMILES string of the molecule is CCCCOCCCNc1ccc(N)cn1. The summed E-state index contributed by atoms with van der Waals surface area (Å²) in [7, 11) is 0. The highest BCUT2D eigenvalue weighted by molar-refractivity contribution is 5.43. The molecule has 1 heterocycles. The molecule has 0 aliphatic rings. The van der Waals surface area contributed by atoms with Crippen molar-refractivity contribution in [3.8, 4) is 0 Å². The summed E-state index contributed by atoms with van der Waals surface area (Å²) >= 11 is 0. The molecule has 4 heteroatoms. The van der Waals surface area contributed by atoms with E-state index in [0.717, 1.165) is 38.4 Å². The molecule has 0 atom stereocenters. The molecule has 0 spiro atoms. The van der Waals surface area contributed by atoms with E-state index >= 15 is 0 Å². The molecule has 4 nitrogen and oxygen atoms in total. The number of rotatable bonds is 8. The summed E-state index contributed by atoms with van der Waals surface area (Å²) in [6, 6.07) is 3.72. The van der Waals surface area contributed by atoms with E-state index in [1.807, 2.05) is 12.1 Å². The minimum absolute atomic E-state index is 0.688. The molecule has 16 heavy (non-hydrogen) atoms. The third-order valence-corrected chi connectivity index (χ3v) is 2.20. The Morgan fingerprint density at radius 3 is 2.81 bits per heavy atom. The van der Waals surface area contributed by atoms with Crippen molar-refractivity contribution in [2.45, 2.75) is 26.2 Å². The second-order valence-electron chi connectivity index (χ2n) is 3.72. The number of unbranched alkanes of at least 4 members (excludes halogenated alkanes) is 1. The van der Waals surface area contributed by atoms with Gasteiger partial charge in [0.05, 0.1) is 11.9 Å². The lowest BCUT2D eigenvalue weighted by Crippen LogP contribution is -2.07. The van der Waals surface area contributed by atoms with E-state index in [1.54, 1.807) is 6.20 Å². The van der Waals surface area contributed by atoms with Gasteiger partial charge in [-0.25, -0.2) is 4.98 Å². The largest absolute Gasteiger partial charge is 0.397 e. The number of hydrogen-bond donors (Lipinski definition) is 2. The molecule has 0 aromatic carbocycles. The van der Waals surface area contributed by atoms with Crippen LogP contribution in [-0.4, -0.2) is 24.7 Å². The van der Waals surface area contributed by atoms with Crippen LogP contribution in [0.1, 0.15) is 26.2 Å². The Hall–Kier alpha value is -1.29. The zero-order valence-electron chi connectivity index (χ0n) is 9.91. The van der Waals surface area contributed by atoms with Crippen LogP contribution in [0.3, 0.4) is 0 Å². The molecule has 0 unspecified atom stereocenters. The van der Waals surface area contributed by atoms with Crippen LogP contribution >= 0.6 is 0 Å². The lowest BCUT2D eigenvalue weighted by Gasteiger charge is -2.06. The van der Waals surface area contributed by atoms with Gasteiger partial charge < -0.3 is 15.8 Å². The predicted octanol–water partition coefficient (Wildman–Crippen LogP) is 2.28. The molecule has 0 saturated carbocycles. The number of ether oxygens (including phenoxy) is 1. The van der Waals surface area contributed by atoms with Crippen LogP contribution in [0.5, 0.6) is 0 Å². The van der Waals surface area contributed by atoms with Crippen molar-refractivity contribution >= 4 is 11.5 Å². The minimum atomic E-state index is 0.688. The average molecular weight is 223 g/mol. The second-order valence-corrected chi connectivity index (χ2v) is 3.72. The van der Waals surface area contributed by atoms with Gasteiger partial charge in [-0.05, 0) is 25.0 Å². The van der Waals surface area contributed by atoms with E-state index in [-0.39, 0.29) is 0 Å². The fourth-order valence-corrected chi connectivity index (χ4v) is 1.25. The van der Waals surface area contributed by atoms with Gasteiger partial charge in [0, 0.05) is 19.8 Å². The summed E-state index contributed by atoms with van der Waals surface area (Å²) in [6.45, 7) is 4.72. The van der Waals surface area contributed by atoms with Crippen molar-refractivity contribution in [1.82, 2.24) is 4.98 Å². The summed E-state index contributed by atoms with van der Waals surface area (Å²) in [5, 5.41) is 3.22. The predicted molar refractivity (Wildman–Crippen MR) is 67.5 cm³/mol. The van der Waals surface area contributed by atoms with Crippen LogP contribution < -0.4 is 11.1 Å². The maximum atomic E-state index is 5.54. The van der Waals surface area contributed by atoms with Crippen LogP contribution in [0.25, 0.3) is 0 Å². The van der Waals surface area contributed by atoms with E-state index in [2.05, 4.69) is 17.2 Å². The quantitative estimate of drug-likeness (QED) is 0.664. The van der Waals surface area contributed by atoms with E-state index < -0.39 is 0 Å². The fraction of sp³-hybridized carbons (Fsp3) is 0.583. The molecular weight excluding hydrogens is 202 g/mol. The summed E-state index contributed by atoms with van der Waals surface area (Å²) in [4.78, 5) is 4.15. The minimum Gasteiger partial charge on any atom is -0.397 e. The highest BCUT2D eigenvalue weighted by Crippen LogP contribution is 2.05. The average Bonchev–Trinajstić information content (AvgIpc) is 2.30. The Labute approximate surface area is 97.2 Å². The number of hydrogen-bond acceptors (Lipinski definition) is 4. The molecule has 1 aromatic heterocycles. The van der Waals surface area contributed by atoms with Crippen LogP contribution in [-0.2, 0) is 4.74 Å². The van der Waals surface area contributed by atoms with Gasteiger partial charge in [0.15, 0.2) is 0 Å². The van der Waals surface area contributed by atoms with Gasteiger partial charge in [0.25, 0.3) is 0 Å². The van der Waals surface area contributed by atoms with Gasteiger partial charge in [-0.15, -0.1) is 0 Å². The zero-order chi connectivity index (χ0) is 11.6. The Morgan fingerprint density at radius 2 is 2.12 bits per heavy atom. The van der Waals surface area contributed by atoms with Gasteiger partial charge in [-0.2, -0.15) is 0 Å². The number of anilines is 2. The van der Waals surface area contributed by atoms with Crippen molar-refractivity contribution in [3.05, 3.63) is 18.3 Å². The number of nitrogens with zero attached hydrogens (tertiary/aromatic N) is 1. The van der Waals surface area contributed by atoms with E-state index in [9.17, 15) is 0 Å². The fourth-order valence-electron chi connectivity index (χ4n) is 1.25. The van der Waals surface area contributed by atoms with Gasteiger partial charge >= 0.3 is 0 Å². The zero-order valence-corrected chi connectivity index (χ0v) is 9.91. The smallest absolute Gasteiger partial charge is 0.126 e. The highest BCUT2D eigenvalue weighted by atomic mass is 16.5. The molecule has 0 aliphatic carbocycles. The molecule has 90 valence electrons. The number of nitrogen functional groups attached to an aromatic ring is 1. The molecule has 0 aliphatic heterocycles. The van der Waals surface area contributed by atoms with Crippen LogP contribution in [0.2, 0.25) is 0 Å². The van der Waals surface area contributed by atoms with E-state index in [4.69, 9.17) is 10.5 Å². The number of pyridine rings is 1. The van der Waals surface area contributed by atoms with Gasteiger partial charge in [0.1, 0.15) is 5.82 Å². The molecule has 0 saturated heterocycles. The van der Waals surface area contributed by atoms with Crippen molar-refractivity contribution in [3.63, 3.8) is 0 Å². The van der Waals surface area contributed by atoms with Crippen LogP contribution in [0.15, 0.2) is 18.3 Å². The first-order valence-electron chi connectivity index (χ1n) is 5.86. The summed E-state index contributed by atoms with van der Waals surface area (Å²) < 4.78 is 5.45. The summed E-state index contributed by atoms with van der Waals surface area (Å²) in [5.41, 5.74) is 6.23. The third-order valence-electron chi connectivity index (χ3n) is 2.20. The first-order chi connectivity index (χ1) is 7.83. The molecule has 0 amide bonds. The summed E-state index contributed by atoms with van der Waals surface area (Å²) in [5.74, 6) is 0.864. The lowest BCUT2D eigenvalue weighted by molar-refractivity contribution is 0.131. The molecular formula is C12H21N3O. The number of nitrogens with two attached hydrogens (primary N) is 1. The maximum Gasteiger partial charge on any atom is 0.126 e. The molecule has 1 rings (SSSR count). The molecule has 0 bridgehead atoms. The topological polar surface area (TPSA) is 60.2 Å². The molecule has 0 radical (unpaired) electrons. The Morgan fingerprint density at radius 1 is 1.31 bits per heavy atom. The monoisotopic (exact) mass is 223 g/mol. The van der Waals surface area contributed by atoms with Crippen molar-refractivity contribution < 1.29 is 4.74 Å². The normalized spacial score (nSPS) is 10.3. The van der Waals surface area contributed by atoms with Gasteiger partial charge in [0.2, 0.25) is 0 Å². The van der Waals surface area contributed by atoms with Crippen LogP contribution in [0, 0.1) is 0 Å². The number of nitrogens with one attached hydrogen (secondary N) is 1. The van der Waals surface area contributed by atoms with Crippen LogP contribution in [0.4, 0.5) is 11.5 Å². The Bertz CT molecular complexity index is 274. The number of aromatic nitrogens is 1. The molecule has 0 fully saturated rings. The Kier molecular flexibility index (Phi) is 6.33. The first kappa shape index (κ1) is 12.8. The van der Waals surface area contributed by atoms with E-state index in [0.29, 0.717) is 5.69 Å². The van der Waals surface area contributed by atoms with E-state index in [1.165, 1.54) is 6.42 Å². The third kappa shape index (κ3) is 5.56. The van der Waals surface area contributed by atoms with Gasteiger partial charge in [-0.1, -0.05) is 13.3 Å². The second kappa shape index (κ2) is 7.93. The molecule has 1 aromatic rings. The standard InChI is InChI=1S/C12H21N3O/c1-2-3-8-16-9-4-7-14-12-6-5-11(13)10-15-12/h5-6,10H,2-4,7-9,13H2,1H3,(H,14,15). The van der Waals surface area contributed by atoms with Crippen molar-refractivity contribution in [1.29, 1.82) is 0 Å². The lowest BCUT2D eigenvalue weighted by atomic mass is 10.3. The molecule has 3 N–H and O–H groups in total.